The van der Waals surface area contributed by atoms with E-state index in [0.717, 1.165) is 26.1 Å². The van der Waals surface area contributed by atoms with Crippen LogP contribution in [0.4, 0.5) is 0 Å². The summed E-state index contributed by atoms with van der Waals surface area (Å²) in [5, 5.41) is 3.26. The van der Waals surface area contributed by atoms with Crippen LogP contribution < -0.4 is 5.32 Å². The van der Waals surface area contributed by atoms with Gasteiger partial charge in [-0.2, -0.15) is 0 Å². The molecule has 0 radical (unpaired) electrons. The predicted octanol–water partition coefficient (Wildman–Crippen LogP) is 3.34. The summed E-state index contributed by atoms with van der Waals surface area (Å²) < 4.78 is 0. The quantitative estimate of drug-likeness (QED) is 0.651. The van der Waals surface area contributed by atoms with Gasteiger partial charge in [-0.1, -0.05) is 51.9 Å². The van der Waals surface area contributed by atoms with Crippen LogP contribution in [-0.2, 0) is 4.79 Å². The van der Waals surface area contributed by atoms with Crippen molar-refractivity contribution < 1.29 is 4.79 Å². The van der Waals surface area contributed by atoms with Gasteiger partial charge in [-0.15, -0.1) is 0 Å². The summed E-state index contributed by atoms with van der Waals surface area (Å²) in [6.45, 7) is 7.11. The number of amides is 1. The number of nitrogens with zero attached hydrogens (tertiary/aromatic N) is 1. The molecule has 112 valence electrons. The van der Waals surface area contributed by atoms with Crippen molar-refractivity contribution in [2.45, 2.75) is 77.7 Å². The number of carbonyl (C=O) groups excluding carboxylic acids is 1. The van der Waals surface area contributed by atoms with Crippen LogP contribution in [0.3, 0.4) is 0 Å². The van der Waals surface area contributed by atoms with Crippen LogP contribution >= 0.6 is 0 Å². The second-order valence-electron chi connectivity index (χ2n) is 5.83. The van der Waals surface area contributed by atoms with E-state index < -0.39 is 0 Å². The van der Waals surface area contributed by atoms with E-state index in [9.17, 15) is 4.79 Å². The van der Waals surface area contributed by atoms with Gasteiger partial charge in [0.2, 0.25) is 5.91 Å². The molecule has 0 aromatic heterocycles. The molecule has 19 heavy (non-hydrogen) atoms. The maximum Gasteiger partial charge on any atom is 0.239 e. The summed E-state index contributed by atoms with van der Waals surface area (Å²) in [5.41, 5.74) is 0. The zero-order valence-electron chi connectivity index (χ0n) is 12.9. The first kappa shape index (κ1) is 16.5. The SMILES string of the molecule is CCCCCCCCCCN1CCCNC(C)C1=O. The summed E-state index contributed by atoms with van der Waals surface area (Å²) >= 11 is 0. The van der Waals surface area contributed by atoms with Gasteiger partial charge in [-0.05, 0) is 26.3 Å². The zero-order chi connectivity index (χ0) is 13.9. The Morgan fingerprint density at radius 1 is 1.11 bits per heavy atom. The second-order valence-corrected chi connectivity index (χ2v) is 5.83. The molecule has 0 aromatic rings. The number of nitrogens with one attached hydrogen (secondary N) is 1. The molecular weight excluding hydrogens is 236 g/mol. The standard InChI is InChI=1S/C16H32N2O/c1-3-4-5-6-7-8-9-10-13-18-14-11-12-17-15(2)16(18)19/h15,17H,3-14H2,1-2H3. The average molecular weight is 268 g/mol. The van der Waals surface area contributed by atoms with Gasteiger partial charge in [-0.3, -0.25) is 4.79 Å². The molecule has 0 aliphatic carbocycles. The number of rotatable bonds is 9. The molecule has 0 saturated carbocycles. The lowest BCUT2D eigenvalue weighted by Crippen LogP contribution is -2.42. The van der Waals surface area contributed by atoms with E-state index in [0.29, 0.717) is 5.91 Å². The fourth-order valence-corrected chi connectivity index (χ4v) is 2.72. The zero-order valence-corrected chi connectivity index (χ0v) is 12.9. The van der Waals surface area contributed by atoms with Crippen LogP contribution in [0.1, 0.15) is 71.6 Å². The van der Waals surface area contributed by atoms with Crippen molar-refractivity contribution in [3.63, 3.8) is 0 Å². The Kier molecular flexibility index (Phi) is 8.89. The number of hydrogen-bond acceptors (Lipinski definition) is 2. The number of unbranched alkanes of at least 4 members (excludes halogenated alkanes) is 7. The van der Waals surface area contributed by atoms with Crippen LogP contribution in [0.25, 0.3) is 0 Å². The van der Waals surface area contributed by atoms with Gasteiger partial charge >= 0.3 is 0 Å². The molecule has 3 nitrogen and oxygen atoms in total. The Morgan fingerprint density at radius 2 is 1.74 bits per heavy atom. The van der Waals surface area contributed by atoms with Crippen molar-refractivity contribution in [2.75, 3.05) is 19.6 Å². The molecule has 1 unspecified atom stereocenters. The summed E-state index contributed by atoms with van der Waals surface area (Å²) in [7, 11) is 0. The second kappa shape index (κ2) is 10.2. The molecule has 0 bridgehead atoms. The monoisotopic (exact) mass is 268 g/mol. The fourth-order valence-electron chi connectivity index (χ4n) is 2.72. The highest BCUT2D eigenvalue weighted by molar-refractivity contribution is 5.81. The van der Waals surface area contributed by atoms with E-state index in [-0.39, 0.29) is 6.04 Å². The first-order chi connectivity index (χ1) is 9.25. The average Bonchev–Trinajstić information content (AvgIpc) is 2.57. The number of carbonyl (C=O) groups is 1. The van der Waals surface area contributed by atoms with Crippen LogP contribution in [0.15, 0.2) is 0 Å². The van der Waals surface area contributed by atoms with E-state index in [1.165, 1.54) is 51.4 Å². The molecule has 1 fully saturated rings. The lowest BCUT2D eigenvalue weighted by Gasteiger charge is -2.22. The lowest BCUT2D eigenvalue weighted by molar-refractivity contribution is -0.132. The molecule has 1 rings (SSSR count). The van der Waals surface area contributed by atoms with Crippen LogP contribution in [0, 0.1) is 0 Å². The lowest BCUT2D eigenvalue weighted by atomic mass is 10.1. The third-order valence-electron chi connectivity index (χ3n) is 4.02. The summed E-state index contributed by atoms with van der Waals surface area (Å²) in [4.78, 5) is 14.1. The van der Waals surface area contributed by atoms with Gasteiger partial charge in [0.25, 0.3) is 0 Å². The Hall–Kier alpha value is -0.570. The van der Waals surface area contributed by atoms with Crippen molar-refractivity contribution >= 4 is 5.91 Å². The minimum Gasteiger partial charge on any atom is -0.341 e. The highest BCUT2D eigenvalue weighted by Gasteiger charge is 2.21. The minimum atomic E-state index is 0.0107. The molecule has 1 aliphatic rings. The molecule has 1 aliphatic heterocycles. The maximum absolute atomic E-state index is 12.0. The Bertz CT molecular complexity index is 243. The van der Waals surface area contributed by atoms with Crippen LogP contribution in [0.2, 0.25) is 0 Å². The molecule has 1 heterocycles. The summed E-state index contributed by atoms with van der Waals surface area (Å²) in [6, 6.07) is 0.0107. The summed E-state index contributed by atoms with van der Waals surface area (Å²) in [5.74, 6) is 0.292. The van der Waals surface area contributed by atoms with Gasteiger partial charge in [-0.25, -0.2) is 0 Å². The highest BCUT2D eigenvalue weighted by Crippen LogP contribution is 2.10. The molecule has 0 spiro atoms. The smallest absolute Gasteiger partial charge is 0.239 e. The first-order valence-electron chi connectivity index (χ1n) is 8.28. The Balaban J connectivity index is 2.03. The van der Waals surface area contributed by atoms with Crippen molar-refractivity contribution in [1.29, 1.82) is 0 Å². The first-order valence-corrected chi connectivity index (χ1v) is 8.28. The fraction of sp³-hybridized carbons (Fsp3) is 0.938. The largest absolute Gasteiger partial charge is 0.341 e. The normalized spacial score (nSPS) is 20.6. The van der Waals surface area contributed by atoms with Gasteiger partial charge in [0.1, 0.15) is 0 Å². The van der Waals surface area contributed by atoms with Crippen molar-refractivity contribution in [2.24, 2.45) is 0 Å². The summed E-state index contributed by atoms with van der Waals surface area (Å²) in [6.07, 6.45) is 11.7. The van der Waals surface area contributed by atoms with Crippen molar-refractivity contribution in [3.05, 3.63) is 0 Å². The van der Waals surface area contributed by atoms with E-state index >= 15 is 0 Å². The van der Waals surface area contributed by atoms with Gasteiger partial charge in [0.05, 0.1) is 6.04 Å². The molecule has 0 aromatic carbocycles. The molecule has 1 saturated heterocycles. The van der Waals surface area contributed by atoms with E-state index in [4.69, 9.17) is 0 Å². The van der Waals surface area contributed by atoms with Gasteiger partial charge in [0.15, 0.2) is 0 Å². The minimum absolute atomic E-state index is 0.0107. The van der Waals surface area contributed by atoms with Crippen LogP contribution in [0.5, 0.6) is 0 Å². The van der Waals surface area contributed by atoms with Crippen molar-refractivity contribution in [3.8, 4) is 0 Å². The topological polar surface area (TPSA) is 32.3 Å². The van der Waals surface area contributed by atoms with E-state index in [1.807, 2.05) is 6.92 Å². The van der Waals surface area contributed by atoms with E-state index in [1.54, 1.807) is 0 Å². The highest BCUT2D eigenvalue weighted by atomic mass is 16.2. The molecular formula is C16H32N2O. The molecule has 3 heteroatoms. The Morgan fingerprint density at radius 3 is 2.42 bits per heavy atom. The predicted molar refractivity (Wildman–Crippen MR) is 81.3 cm³/mol. The molecule has 1 N–H and O–H groups in total. The molecule has 1 amide bonds. The van der Waals surface area contributed by atoms with Crippen LogP contribution in [-0.4, -0.2) is 36.5 Å². The van der Waals surface area contributed by atoms with Gasteiger partial charge in [0, 0.05) is 13.1 Å². The molecule has 1 atom stereocenters. The number of hydrogen-bond donors (Lipinski definition) is 1. The van der Waals surface area contributed by atoms with Crippen molar-refractivity contribution in [1.82, 2.24) is 10.2 Å². The van der Waals surface area contributed by atoms with E-state index in [2.05, 4.69) is 17.1 Å². The third-order valence-corrected chi connectivity index (χ3v) is 4.02. The van der Waals surface area contributed by atoms with Gasteiger partial charge < -0.3 is 10.2 Å². The Labute approximate surface area is 119 Å². The third kappa shape index (κ3) is 6.95. The maximum atomic E-state index is 12.0.